The Morgan fingerprint density at radius 2 is 1.68 bits per heavy atom. The predicted molar refractivity (Wildman–Crippen MR) is 131 cm³/mol. The largest absolute Gasteiger partial charge is 0.494 e. The Bertz CT molecular complexity index is 1010. The molecule has 186 valence electrons. The maximum Gasteiger partial charge on any atom is 0.264 e. The van der Waals surface area contributed by atoms with E-state index in [4.69, 9.17) is 4.74 Å². The van der Waals surface area contributed by atoms with Gasteiger partial charge in [0.25, 0.3) is 10.0 Å². The second-order valence-electron chi connectivity index (χ2n) is 8.35. The van der Waals surface area contributed by atoms with E-state index in [-0.39, 0.29) is 11.4 Å². The van der Waals surface area contributed by atoms with Gasteiger partial charge in [0.05, 0.1) is 17.2 Å². The SMILES string of the molecule is CCOc1ccc(N(CC(=O)NCCCN2CCCCCC2)S(=O)(=O)c2ccc(F)cc2)cc1. The van der Waals surface area contributed by atoms with Gasteiger partial charge in [-0.3, -0.25) is 9.10 Å². The van der Waals surface area contributed by atoms with E-state index in [1.807, 2.05) is 6.92 Å². The predicted octanol–water partition coefficient (Wildman–Crippen LogP) is 3.80. The summed E-state index contributed by atoms with van der Waals surface area (Å²) >= 11 is 0. The number of nitrogens with one attached hydrogen (secondary N) is 1. The Morgan fingerprint density at radius 1 is 1.03 bits per heavy atom. The van der Waals surface area contributed by atoms with Crippen LogP contribution in [0.3, 0.4) is 0 Å². The highest BCUT2D eigenvalue weighted by Gasteiger charge is 2.27. The van der Waals surface area contributed by atoms with Crippen molar-refractivity contribution in [3.63, 3.8) is 0 Å². The molecule has 3 rings (SSSR count). The molecule has 2 aromatic rings. The zero-order chi connectivity index (χ0) is 24.4. The Hall–Kier alpha value is -2.65. The van der Waals surface area contributed by atoms with Gasteiger partial charge in [-0.25, -0.2) is 12.8 Å². The van der Waals surface area contributed by atoms with Crippen LogP contribution in [0.5, 0.6) is 5.75 Å². The molecule has 0 aromatic heterocycles. The molecule has 34 heavy (non-hydrogen) atoms. The summed E-state index contributed by atoms with van der Waals surface area (Å²) < 4.78 is 46.5. The van der Waals surface area contributed by atoms with E-state index in [9.17, 15) is 17.6 Å². The Morgan fingerprint density at radius 3 is 2.29 bits per heavy atom. The summed E-state index contributed by atoms with van der Waals surface area (Å²) in [7, 11) is -4.09. The highest BCUT2D eigenvalue weighted by Crippen LogP contribution is 2.26. The van der Waals surface area contributed by atoms with Crippen molar-refractivity contribution in [3.05, 3.63) is 54.3 Å². The lowest BCUT2D eigenvalue weighted by atomic mass is 10.2. The minimum Gasteiger partial charge on any atom is -0.494 e. The van der Waals surface area contributed by atoms with Gasteiger partial charge in [0.2, 0.25) is 5.91 Å². The second-order valence-corrected chi connectivity index (χ2v) is 10.2. The number of nitrogens with zero attached hydrogens (tertiary/aromatic N) is 2. The van der Waals surface area contributed by atoms with Crippen molar-refractivity contribution in [2.75, 3.05) is 43.6 Å². The van der Waals surface area contributed by atoms with Crippen LogP contribution in [0.4, 0.5) is 10.1 Å². The van der Waals surface area contributed by atoms with Gasteiger partial charge < -0.3 is 15.0 Å². The molecule has 0 radical (unpaired) electrons. The minimum atomic E-state index is -4.09. The van der Waals surface area contributed by atoms with Crippen LogP contribution in [0.1, 0.15) is 39.0 Å². The number of carbonyl (C=O) groups is 1. The van der Waals surface area contributed by atoms with Gasteiger partial charge in [-0.2, -0.15) is 0 Å². The summed E-state index contributed by atoms with van der Waals surface area (Å²) in [6.45, 7) is 5.54. The number of anilines is 1. The molecule has 0 aliphatic carbocycles. The van der Waals surface area contributed by atoms with Crippen molar-refractivity contribution in [1.29, 1.82) is 0 Å². The van der Waals surface area contributed by atoms with E-state index in [1.165, 1.54) is 37.8 Å². The van der Waals surface area contributed by atoms with Crippen molar-refractivity contribution in [3.8, 4) is 5.75 Å². The number of ether oxygens (including phenoxy) is 1. The molecule has 0 saturated carbocycles. The topological polar surface area (TPSA) is 79.0 Å². The van der Waals surface area contributed by atoms with E-state index in [2.05, 4.69) is 10.2 Å². The van der Waals surface area contributed by atoms with Crippen LogP contribution in [0.2, 0.25) is 0 Å². The summed E-state index contributed by atoms with van der Waals surface area (Å²) in [5.74, 6) is -0.326. The molecule has 1 aliphatic heterocycles. The third kappa shape index (κ3) is 7.43. The first-order chi connectivity index (χ1) is 16.4. The first-order valence-electron chi connectivity index (χ1n) is 11.9. The summed E-state index contributed by atoms with van der Waals surface area (Å²) in [5.41, 5.74) is 0.326. The molecule has 7 nitrogen and oxygen atoms in total. The average Bonchev–Trinajstić information content (AvgIpc) is 3.10. The molecule has 1 N–H and O–H groups in total. The zero-order valence-electron chi connectivity index (χ0n) is 19.7. The van der Waals surface area contributed by atoms with Crippen LogP contribution in [0, 0.1) is 5.82 Å². The normalized spacial score (nSPS) is 14.9. The molecule has 2 aromatic carbocycles. The van der Waals surface area contributed by atoms with Crippen LogP contribution >= 0.6 is 0 Å². The van der Waals surface area contributed by atoms with Crippen molar-refractivity contribution < 1.29 is 22.3 Å². The number of halogens is 1. The summed E-state index contributed by atoms with van der Waals surface area (Å²) in [5, 5.41) is 2.85. The molecule has 1 amide bonds. The molecule has 0 atom stereocenters. The van der Waals surface area contributed by atoms with Gasteiger partial charge in [0, 0.05) is 6.54 Å². The van der Waals surface area contributed by atoms with Crippen molar-refractivity contribution >= 4 is 21.6 Å². The molecular weight excluding hydrogens is 457 g/mol. The van der Waals surface area contributed by atoms with Gasteiger partial charge in [0.15, 0.2) is 0 Å². The molecule has 1 heterocycles. The fraction of sp³-hybridized carbons (Fsp3) is 0.480. The molecule has 9 heteroatoms. The number of hydrogen-bond acceptors (Lipinski definition) is 5. The third-order valence-corrected chi connectivity index (χ3v) is 7.58. The van der Waals surface area contributed by atoms with Gasteiger partial charge in [-0.1, -0.05) is 12.8 Å². The maximum atomic E-state index is 13.4. The highest BCUT2D eigenvalue weighted by molar-refractivity contribution is 7.92. The van der Waals surface area contributed by atoms with E-state index in [0.29, 0.717) is 24.6 Å². The van der Waals surface area contributed by atoms with Crippen LogP contribution in [-0.2, 0) is 14.8 Å². The van der Waals surface area contributed by atoms with Crippen molar-refractivity contribution in [2.24, 2.45) is 0 Å². The molecule has 0 bridgehead atoms. The molecular formula is C25H34FN3O4S. The number of rotatable bonds is 11. The number of likely N-dealkylation sites (tertiary alicyclic amines) is 1. The van der Waals surface area contributed by atoms with E-state index >= 15 is 0 Å². The van der Waals surface area contributed by atoms with Crippen LogP contribution < -0.4 is 14.4 Å². The molecule has 0 unspecified atom stereocenters. The maximum absolute atomic E-state index is 13.4. The number of amides is 1. The Labute approximate surface area is 201 Å². The molecule has 0 spiro atoms. The minimum absolute atomic E-state index is 0.0863. The molecule has 1 saturated heterocycles. The standard InChI is InChI=1S/C25H34FN3O4S/c1-2-33-23-12-10-22(11-13-23)29(34(31,32)24-14-8-21(26)9-15-24)20-25(30)27-16-7-19-28-17-5-3-4-6-18-28/h8-15H,2-7,16-20H2,1H3,(H,27,30). The van der Waals surface area contributed by atoms with Gasteiger partial charge in [-0.05, 0) is 94.4 Å². The first-order valence-corrected chi connectivity index (χ1v) is 13.3. The summed E-state index contributed by atoms with van der Waals surface area (Å²) in [4.78, 5) is 15.1. The third-order valence-electron chi connectivity index (χ3n) is 5.80. The number of sulfonamides is 1. The van der Waals surface area contributed by atoms with Crippen molar-refractivity contribution in [2.45, 2.75) is 43.9 Å². The Balaban J connectivity index is 1.67. The van der Waals surface area contributed by atoms with Crippen LogP contribution in [-0.4, -0.2) is 58.6 Å². The smallest absolute Gasteiger partial charge is 0.264 e. The van der Waals surface area contributed by atoms with E-state index in [1.54, 1.807) is 24.3 Å². The fourth-order valence-corrected chi connectivity index (χ4v) is 5.42. The molecule has 1 aliphatic rings. The molecule has 1 fully saturated rings. The Kier molecular flexibility index (Phi) is 9.71. The van der Waals surface area contributed by atoms with E-state index < -0.39 is 21.7 Å². The highest BCUT2D eigenvalue weighted by atomic mass is 32.2. The monoisotopic (exact) mass is 491 g/mol. The summed E-state index contributed by atoms with van der Waals surface area (Å²) in [6.07, 6.45) is 5.78. The van der Waals surface area contributed by atoms with E-state index in [0.717, 1.165) is 42.5 Å². The number of hydrogen-bond donors (Lipinski definition) is 1. The van der Waals surface area contributed by atoms with Crippen molar-refractivity contribution in [1.82, 2.24) is 10.2 Å². The zero-order valence-corrected chi connectivity index (χ0v) is 20.5. The number of carbonyl (C=O) groups excluding carboxylic acids is 1. The quantitative estimate of drug-likeness (QED) is 0.484. The van der Waals surface area contributed by atoms with Crippen LogP contribution in [0.25, 0.3) is 0 Å². The van der Waals surface area contributed by atoms with Crippen LogP contribution in [0.15, 0.2) is 53.4 Å². The van der Waals surface area contributed by atoms with Gasteiger partial charge >= 0.3 is 0 Å². The fourth-order valence-electron chi connectivity index (χ4n) is 4.00. The second kappa shape index (κ2) is 12.7. The average molecular weight is 492 g/mol. The summed E-state index contributed by atoms with van der Waals surface area (Å²) in [6, 6.07) is 11.1. The number of benzene rings is 2. The van der Waals surface area contributed by atoms with Gasteiger partial charge in [0.1, 0.15) is 18.1 Å². The lowest BCUT2D eigenvalue weighted by Gasteiger charge is -2.24. The first kappa shape index (κ1) is 26.0. The lowest BCUT2D eigenvalue weighted by molar-refractivity contribution is -0.119. The van der Waals surface area contributed by atoms with Gasteiger partial charge in [-0.15, -0.1) is 0 Å². The lowest BCUT2D eigenvalue weighted by Crippen LogP contribution is -2.41.